The van der Waals surface area contributed by atoms with Gasteiger partial charge in [-0.2, -0.15) is 9.40 Å². The fourth-order valence-electron chi connectivity index (χ4n) is 1.84. The molecule has 0 unspecified atom stereocenters. The largest absolute Gasteiger partial charge is 0.398 e. The molecule has 1 aromatic carbocycles. The second-order valence-electron chi connectivity index (χ2n) is 4.59. The third kappa shape index (κ3) is 3.39. The summed E-state index contributed by atoms with van der Waals surface area (Å²) >= 11 is 9.10. The molecule has 0 radical (unpaired) electrons. The van der Waals surface area contributed by atoms with Crippen molar-refractivity contribution < 1.29 is 8.42 Å². The van der Waals surface area contributed by atoms with Crippen molar-refractivity contribution in [1.29, 1.82) is 0 Å². The zero-order chi connectivity index (χ0) is 15.8. The van der Waals surface area contributed by atoms with E-state index >= 15 is 0 Å². The number of aryl methyl sites for hydroxylation is 1. The molecule has 2 N–H and O–H groups in total. The Balaban J connectivity index is 2.37. The lowest BCUT2D eigenvalue weighted by Gasteiger charge is -2.18. The smallest absolute Gasteiger partial charge is 0.244 e. The number of anilines is 1. The van der Waals surface area contributed by atoms with E-state index in [9.17, 15) is 8.42 Å². The predicted molar refractivity (Wildman–Crippen MR) is 85.4 cm³/mol. The Morgan fingerprint density at radius 2 is 2.14 bits per heavy atom. The van der Waals surface area contributed by atoms with E-state index in [4.69, 9.17) is 17.3 Å². The molecule has 0 saturated heterocycles. The van der Waals surface area contributed by atoms with Crippen LogP contribution in [0.5, 0.6) is 0 Å². The summed E-state index contributed by atoms with van der Waals surface area (Å²) in [5, 5.41) is 4.28. The van der Waals surface area contributed by atoms with Gasteiger partial charge in [0, 0.05) is 43.1 Å². The van der Waals surface area contributed by atoms with Crippen molar-refractivity contribution in [2.24, 2.45) is 7.05 Å². The Morgan fingerprint density at radius 1 is 1.48 bits per heavy atom. The number of halogens is 2. The highest BCUT2D eigenvalue weighted by atomic mass is 79.9. The number of nitrogens with zero attached hydrogens (tertiary/aromatic N) is 3. The van der Waals surface area contributed by atoms with Gasteiger partial charge in [-0.15, -0.1) is 0 Å². The van der Waals surface area contributed by atoms with Gasteiger partial charge in [0.25, 0.3) is 0 Å². The van der Waals surface area contributed by atoms with Crippen LogP contribution in [0.4, 0.5) is 5.69 Å². The maximum absolute atomic E-state index is 12.6. The summed E-state index contributed by atoms with van der Waals surface area (Å²) in [5.74, 6) is 0. The van der Waals surface area contributed by atoms with Crippen LogP contribution in [0.15, 0.2) is 33.9 Å². The molecule has 0 amide bonds. The Morgan fingerprint density at radius 3 is 2.71 bits per heavy atom. The molecule has 9 heteroatoms. The normalized spacial score (nSPS) is 12.0. The maximum atomic E-state index is 12.6. The Hall–Kier alpha value is -1.09. The van der Waals surface area contributed by atoms with Gasteiger partial charge < -0.3 is 5.73 Å². The fourth-order valence-corrected chi connectivity index (χ4v) is 4.24. The van der Waals surface area contributed by atoms with Gasteiger partial charge in [0.2, 0.25) is 10.0 Å². The van der Waals surface area contributed by atoms with Crippen molar-refractivity contribution in [1.82, 2.24) is 14.1 Å². The zero-order valence-electron chi connectivity index (χ0n) is 11.4. The van der Waals surface area contributed by atoms with Crippen LogP contribution in [-0.2, 0) is 23.6 Å². The molecule has 0 aliphatic heterocycles. The van der Waals surface area contributed by atoms with Gasteiger partial charge in [0.05, 0.1) is 15.6 Å². The van der Waals surface area contributed by atoms with E-state index < -0.39 is 10.0 Å². The van der Waals surface area contributed by atoms with Gasteiger partial charge in [-0.25, -0.2) is 8.42 Å². The van der Waals surface area contributed by atoms with Gasteiger partial charge >= 0.3 is 0 Å². The van der Waals surface area contributed by atoms with Gasteiger partial charge in [-0.1, -0.05) is 11.6 Å². The number of rotatable bonds is 4. The molecule has 0 saturated carbocycles. The Labute approximate surface area is 136 Å². The minimum atomic E-state index is -3.72. The van der Waals surface area contributed by atoms with E-state index in [1.54, 1.807) is 24.1 Å². The van der Waals surface area contributed by atoms with E-state index in [0.717, 1.165) is 5.56 Å². The number of nitrogen functional groups attached to an aromatic ring is 1. The molecular weight excluding hydrogens is 380 g/mol. The molecule has 21 heavy (non-hydrogen) atoms. The first-order chi connectivity index (χ1) is 9.71. The molecule has 114 valence electrons. The lowest BCUT2D eigenvalue weighted by Crippen LogP contribution is -2.26. The molecule has 2 aromatic rings. The van der Waals surface area contributed by atoms with Crippen LogP contribution < -0.4 is 5.73 Å². The molecule has 0 aliphatic carbocycles. The molecule has 0 spiro atoms. The first kappa shape index (κ1) is 16.3. The van der Waals surface area contributed by atoms with Gasteiger partial charge in [-0.05, 0) is 28.1 Å². The minimum absolute atomic E-state index is 0.0406. The number of hydrogen-bond donors (Lipinski definition) is 1. The average molecular weight is 394 g/mol. The first-order valence-corrected chi connectivity index (χ1v) is 8.51. The van der Waals surface area contributed by atoms with Crippen molar-refractivity contribution >= 4 is 43.2 Å². The summed E-state index contributed by atoms with van der Waals surface area (Å²) in [6.07, 6.45) is 3.38. The Kier molecular flexibility index (Phi) is 4.62. The number of nitrogens with two attached hydrogens (primary N) is 1. The fraction of sp³-hybridized carbons (Fsp3) is 0.250. The molecule has 0 bridgehead atoms. The summed E-state index contributed by atoms with van der Waals surface area (Å²) in [4.78, 5) is 0.0406. The molecule has 0 fully saturated rings. The van der Waals surface area contributed by atoms with Crippen LogP contribution in [0, 0.1) is 0 Å². The van der Waals surface area contributed by atoms with Crippen LogP contribution in [0.3, 0.4) is 0 Å². The molecule has 1 aromatic heterocycles. The summed E-state index contributed by atoms with van der Waals surface area (Å²) in [6, 6.07) is 2.86. The average Bonchev–Trinajstić information content (AvgIpc) is 2.79. The number of hydrogen-bond acceptors (Lipinski definition) is 4. The second-order valence-corrected chi connectivity index (χ2v) is 7.83. The van der Waals surface area contributed by atoms with Crippen LogP contribution in [0.2, 0.25) is 5.02 Å². The summed E-state index contributed by atoms with van der Waals surface area (Å²) in [6.45, 7) is 0.203. The first-order valence-electron chi connectivity index (χ1n) is 5.90. The quantitative estimate of drug-likeness (QED) is 0.808. The van der Waals surface area contributed by atoms with Gasteiger partial charge in [0.15, 0.2) is 0 Å². The summed E-state index contributed by atoms with van der Waals surface area (Å²) in [7, 11) is -0.457. The molecule has 2 rings (SSSR count). The van der Waals surface area contributed by atoms with E-state index in [0.29, 0.717) is 4.47 Å². The predicted octanol–water partition coefficient (Wildman–Crippen LogP) is 2.24. The Bertz CT molecular complexity index is 776. The third-order valence-corrected chi connectivity index (χ3v) is 6.08. The SMILES string of the molecule is CN(Cc1cnn(C)c1)S(=O)(=O)c1cc(Cl)cc(N)c1Br. The van der Waals surface area contributed by atoms with Gasteiger partial charge in [-0.3, -0.25) is 4.68 Å². The molecule has 0 atom stereocenters. The molecule has 0 aliphatic rings. The number of aromatic nitrogens is 2. The van der Waals surface area contributed by atoms with Crippen LogP contribution in [-0.4, -0.2) is 29.6 Å². The number of benzene rings is 1. The van der Waals surface area contributed by atoms with Gasteiger partial charge in [0.1, 0.15) is 0 Å². The van der Waals surface area contributed by atoms with Crippen LogP contribution >= 0.6 is 27.5 Å². The summed E-state index contributed by atoms with van der Waals surface area (Å²) in [5.41, 5.74) is 6.81. The third-order valence-electron chi connectivity index (χ3n) is 2.88. The second kappa shape index (κ2) is 5.96. The zero-order valence-corrected chi connectivity index (χ0v) is 14.6. The van der Waals surface area contributed by atoms with Crippen molar-refractivity contribution in [2.75, 3.05) is 12.8 Å². The van der Waals surface area contributed by atoms with Crippen LogP contribution in [0.1, 0.15) is 5.56 Å². The van der Waals surface area contributed by atoms with E-state index in [1.165, 1.54) is 23.5 Å². The molecule has 1 heterocycles. The molecule has 6 nitrogen and oxygen atoms in total. The topological polar surface area (TPSA) is 81.2 Å². The van der Waals surface area contributed by atoms with Crippen molar-refractivity contribution in [2.45, 2.75) is 11.4 Å². The lowest BCUT2D eigenvalue weighted by molar-refractivity contribution is 0.466. The van der Waals surface area contributed by atoms with Crippen molar-refractivity contribution in [3.8, 4) is 0 Å². The highest BCUT2D eigenvalue weighted by Crippen LogP contribution is 2.33. The minimum Gasteiger partial charge on any atom is -0.398 e. The van der Waals surface area contributed by atoms with Crippen LogP contribution in [0.25, 0.3) is 0 Å². The van der Waals surface area contributed by atoms with Crippen molar-refractivity contribution in [3.63, 3.8) is 0 Å². The lowest BCUT2D eigenvalue weighted by atomic mass is 10.3. The maximum Gasteiger partial charge on any atom is 0.244 e. The monoisotopic (exact) mass is 392 g/mol. The van der Waals surface area contributed by atoms with E-state index in [1.807, 2.05) is 0 Å². The summed E-state index contributed by atoms with van der Waals surface area (Å²) < 4.78 is 28.4. The highest BCUT2D eigenvalue weighted by Gasteiger charge is 2.25. The standard InChI is InChI=1S/C12H14BrClN4O2S/c1-17-6-8(5-16-17)7-18(2)21(19,20)11-4-9(14)3-10(15)12(11)13/h3-6H,7,15H2,1-2H3. The van der Waals surface area contributed by atoms with Crippen molar-refractivity contribution in [3.05, 3.63) is 39.6 Å². The van der Waals surface area contributed by atoms with E-state index in [2.05, 4.69) is 21.0 Å². The van der Waals surface area contributed by atoms with E-state index in [-0.39, 0.29) is 22.2 Å². The molecular formula is C12H14BrClN4O2S. The number of sulfonamides is 1. The highest BCUT2D eigenvalue weighted by molar-refractivity contribution is 9.10.